The number of carbonyl (C=O) groups is 3. The third-order valence-corrected chi connectivity index (χ3v) is 2.63. The molecule has 0 aliphatic carbocycles. The molecular weight excluding hydrogens is 272 g/mol. The van der Waals surface area contributed by atoms with E-state index in [-0.39, 0.29) is 6.61 Å². The highest BCUT2D eigenvalue weighted by molar-refractivity contribution is 5.68. The van der Waals surface area contributed by atoms with Crippen molar-refractivity contribution in [3.05, 3.63) is 0 Å². The molecule has 20 heavy (non-hydrogen) atoms. The van der Waals surface area contributed by atoms with Crippen molar-refractivity contribution in [2.75, 3.05) is 13.2 Å². The van der Waals surface area contributed by atoms with Crippen LogP contribution in [-0.4, -0.2) is 60.6 Å². The summed E-state index contributed by atoms with van der Waals surface area (Å²) in [5.41, 5.74) is 0. The molecule has 1 saturated heterocycles. The summed E-state index contributed by atoms with van der Waals surface area (Å²) in [6.07, 6.45) is -3.82. The van der Waals surface area contributed by atoms with Gasteiger partial charge in [-0.05, 0) is 0 Å². The second kappa shape index (κ2) is 7.20. The largest absolute Gasteiger partial charge is 0.456 e. The fraction of sp³-hybridized carbons (Fsp3) is 0.750. The van der Waals surface area contributed by atoms with Gasteiger partial charge < -0.3 is 24.1 Å². The Morgan fingerprint density at radius 3 is 1.95 bits per heavy atom. The molecule has 0 aromatic carbocycles. The smallest absolute Gasteiger partial charge is 0.303 e. The van der Waals surface area contributed by atoms with Crippen LogP contribution in [0.3, 0.4) is 0 Å². The average molecular weight is 290 g/mol. The first-order chi connectivity index (χ1) is 9.35. The number of esters is 3. The maximum atomic E-state index is 11.2. The van der Waals surface area contributed by atoms with Crippen molar-refractivity contribution >= 4 is 17.9 Å². The van der Waals surface area contributed by atoms with Crippen LogP contribution in [0.2, 0.25) is 0 Å². The number of hydrogen-bond acceptors (Lipinski definition) is 8. The van der Waals surface area contributed by atoms with Gasteiger partial charge in [0.1, 0.15) is 6.10 Å². The summed E-state index contributed by atoms with van der Waals surface area (Å²) in [5, 5.41) is 9.23. The van der Waals surface area contributed by atoms with Gasteiger partial charge in [0.05, 0.1) is 13.2 Å². The first kappa shape index (κ1) is 16.4. The van der Waals surface area contributed by atoms with E-state index in [0.29, 0.717) is 0 Å². The fourth-order valence-corrected chi connectivity index (χ4v) is 1.97. The van der Waals surface area contributed by atoms with Gasteiger partial charge in [0.15, 0.2) is 18.3 Å². The van der Waals surface area contributed by atoms with Gasteiger partial charge in [-0.3, -0.25) is 14.4 Å². The van der Waals surface area contributed by atoms with E-state index in [1.807, 2.05) is 0 Å². The van der Waals surface area contributed by atoms with Crippen molar-refractivity contribution in [2.45, 2.75) is 45.2 Å². The lowest BCUT2D eigenvalue weighted by Gasteiger charge is -2.39. The van der Waals surface area contributed by atoms with E-state index < -0.39 is 48.9 Å². The summed E-state index contributed by atoms with van der Waals surface area (Å²) in [6, 6.07) is 0. The molecule has 4 atom stereocenters. The lowest BCUT2D eigenvalue weighted by molar-refractivity contribution is -0.229. The Kier molecular flexibility index (Phi) is 5.90. The zero-order valence-corrected chi connectivity index (χ0v) is 11.5. The first-order valence-electron chi connectivity index (χ1n) is 6.09. The molecular formula is C12H18O8. The van der Waals surface area contributed by atoms with Gasteiger partial charge in [0.2, 0.25) is 0 Å². The fourth-order valence-electron chi connectivity index (χ4n) is 1.97. The highest BCUT2D eigenvalue weighted by Crippen LogP contribution is 2.24. The van der Waals surface area contributed by atoms with Crippen molar-refractivity contribution in [3.8, 4) is 0 Å². The summed E-state index contributed by atoms with van der Waals surface area (Å²) < 4.78 is 20.4. The topological polar surface area (TPSA) is 108 Å². The van der Waals surface area contributed by atoms with Gasteiger partial charge in [0, 0.05) is 20.8 Å². The Balaban J connectivity index is 2.95. The van der Waals surface area contributed by atoms with E-state index in [0.717, 1.165) is 0 Å². The number of rotatable bonds is 4. The molecule has 1 rings (SSSR count). The van der Waals surface area contributed by atoms with Crippen molar-refractivity contribution in [1.29, 1.82) is 0 Å². The molecule has 8 heteroatoms. The van der Waals surface area contributed by atoms with Gasteiger partial charge in [-0.2, -0.15) is 0 Å². The molecule has 1 N–H and O–H groups in total. The summed E-state index contributed by atoms with van der Waals surface area (Å²) in [7, 11) is 0. The van der Waals surface area contributed by atoms with E-state index in [1.54, 1.807) is 0 Å². The molecule has 1 aliphatic heterocycles. The average Bonchev–Trinajstić information content (AvgIpc) is 2.31. The minimum Gasteiger partial charge on any atom is -0.456 e. The van der Waals surface area contributed by atoms with Crippen molar-refractivity contribution < 1.29 is 38.4 Å². The van der Waals surface area contributed by atoms with Crippen molar-refractivity contribution in [3.63, 3.8) is 0 Å². The molecule has 0 aromatic heterocycles. The minimum atomic E-state index is -1.04. The van der Waals surface area contributed by atoms with Crippen LogP contribution in [0, 0.1) is 0 Å². The molecule has 0 bridgehead atoms. The van der Waals surface area contributed by atoms with Gasteiger partial charge in [0.25, 0.3) is 0 Å². The van der Waals surface area contributed by atoms with Crippen LogP contribution in [0.15, 0.2) is 0 Å². The normalized spacial score (nSPS) is 29.4. The number of aliphatic hydroxyl groups is 1. The number of hydrogen-bond donors (Lipinski definition) is 1. The van der Waals surface area contributed by atoms with E-state index in [9.17, 15) is 19.5 Å². The van der Waals surface area contributed by atoms with Gasteiger partial charge >= 0.3 is 17.9 Å². The maximum absolute atomic E-state index is 11.2. The van der Waals surface area contributed by atoms with Crippen LogP contribution in [0.5, 0.6) is 0 Å². The van der Waals surface area contributed by atoms with Crippen LogP contribution in [-0.2, 0) is 33.3 Å². The monoisotopic (exact) mass is 290 g/mol. The summed E-state index contributed by atoms with van der Waals surface area (Å²) in [6.45, 7) is 3.06. The Bertz CT molecular complexity index is 380. The van der Waals surface area contributed by atoms with E-state index >= 15 is 0 Å². The van der Waals surface area contributed by atoms with E-state index in [4.69, 9.17) is 18.9 Å². The highest BCUT2D eigenvalue weighted by Gasteiger charge is 2.46. The van der Waals surface area contributed by atoms with Gasteiger partial charge in [-0.15, -0.1) is 0 Å². The Morgan fingerprint density at radius 1 is 1.00 bits per heavy atom. The van der Waals surface area contributed by atoms with Gasteiger partial charge in [-0.1, -0.05) is 0 Å². The van der Waals surface area contributed by atoms with Crippen LogP contribution in [0.25, 0.3) is 0 Å². The molecule has 8 nitrogen and oxygen atoms in total. The van der Waals surface area contributed by atoms with Crippen molar-refractivity contribution in [1.82, 2.24) is 0 Å². The summed E-state index contributed by atoms with van der Waals surface area (Å²) in [5.74, 6) is -1.83. The molecule has 1 unspecified atom stereocenters. The van der Waals surface area contributed by atoms with Crippen LogP contribution in [0.1, 0.15) is 20.8 Å². The second-order valence-corrected chi connectivity index (χ2v) is 4.35. The first-order valence-corrected chi connectivity index (χ1v) is 6.09. The molecule has 0 aromatic rings. The van der Waals surface area contributed by atoms with Crippen molar-refractivity contribution in [2.24, 2.45) is 0 Å². The second-order valence-electron chi connectivity index (χ2n) is 4.35. The van der Waals surface area contributed by atoms with E-state index in [2.05, 4.69) is 0 Å². The third-order valence-electron chi connectivity index (χ3n) is 2.63. The lowest BCUT2D eigenvalue weighted by Crippen LogP contribution is -2.58. The minimum absolute atomic E-state index is 0.0689. The predicted octanol–water partition coefficient (Wildman–Crippen LogP) is -0.827. The van der Waals surface area contributed by atoms with Crippen LogP contribution < -0.4 is 0 Å². The molecule has 1 heterocycles. The number of aliphatic hydroxyl groups excluding tert-OH is 1. The summed E-state index contributed by atoms with van der Waals surface area (Å²) in [4.78, 5) is 33.3. The number of carbonyl (C=O) groups excluding carboxylic acids is 3. The van der Waals surface area contributed by atoms with E-state index in [1.165, 1.54) is 20.8 Å². The third kappa shape index (κ3) is 4.46. The highest BCUT2D eigenvalue weighted by atomic mass is 16.6. The molecule has 0 saturated carbocycles. The zero-order valence-electron chi connectivity index (χ0n) is 11.5. The van der Waals surface area contributed by atoms with Crippen LogP contribution >= 0.6 is 0 Å². The number of ether oxygens (including phenoxy) is 4. The molecule has 0 radical (unpaired) electrons. The summed E-state index contributed by atoms with van der Waals surface area (Å²) >= 11 is 0. The molecule has 114 valence electrons. The predicted molar refractivity (Wildman–Crippen MR) is 63.5 cm³/mol. The standard InChI is InChI=1S/C12H18O8/c1-6(14)18-10-5-17-9(4-13)11(19-7(2)15)12(10)20-8(3)16/h9-13H,4-5H2,1-3H3/t9-,10+,11?,12-/m1/s1. The Labute approximate surface area is 115 Å². The Morgan fingerprint density at radius 2 is 1.50 bits per heavy atom. The Hall–Kier alpha value is -1.67. The molecule has 0 spiro atoms. The van der Waals surface area contributed by atoms with Gasteiger partial charge in [-0.25, -0.2) is 0 Å². The quantitative estimate of drug-likeness (QED) is 0.528. The lowest BCUT2D eigenvalue weighted by atomic mass is 9.99. The maximum Gasteiger partial charge on any atom is 0.303 e. The molecule has 1 fully saturated rings. The molecule has 0 amide bonds. The molecule has 1 aliphatic rings. The SMILES string of the molecule is CC(=O)OC1[C@@H](CO)OC[C@H](OC(C)=O)[C@H]1OC(C)=O. The zero-order chi connectivity index (χ0) is 15.3. The van der Waals surface area contributed by atoms with Crippen LogP contribution in [0.4, 0.5) is 0 Å².